The summed E-state index contributed by atoms with van der Waals surface area (Å²) in [6.45, 7) is 18.9. The third kappa shape index (κ3) is 7.47. The molecule has 17 rings (SSSR count). The van der Waals surface area contributed by atoms with Crippen molar-refractivity contribution in [2.75, 3.05) is 9.80 Å². The number of anilines is 6. The summed E-state index contributed by atoms with van der Waals surface area (Å²) >= 11 is 0. The molecule has 1 spiro atoms. The summed E-state index contributed by atoms with van der Waals surface area (Å²) in [7, 11) is -3.30. The van der Waals surface area contributed by atoms with Gasteiger partial charge in [0.1, 0.15) is 11.2 Å². The predicted octanol–water partition coefficient (Wildman–Crippen LogP) is 21.9. The highest BCUT2D eigenvalue weighted by atomic mass is 28.3. The van der Waals surface area contributed by atoms with Crippen molar-refractivity contribution in [3.05, 3.63) is 276 Å². The van der Waals surface area contributed by atoms with Crippen LogP contribution in [0.4, 0.5) is 34.1 Å². The van der Waals surface area contributed by atoms with E-state index in [1.165, 1.54) is 87.2 Å². The van der Waals surface area contributed by atoms with Gasteiger partial charge in [0.25, 0.3) is 0 Å². The highest BCUT2D eigenvalue weighted by Crippen LogP contribution is 2.65. The van der Waals surface area contributed by atoms with Crippen molar-refractivity contribution >= 4 is 137 Å². The van der Waals surface area contributed by atoms with Crippen molar-refractivity contribution in [2.45, 2.75) is 58.5 Å². The zero-order chi connectivity index (χ0) is 58.8. The lowest BCUT2D eigenvalue weighted by molar-refractivity contribution is 0.665. The molecule has 15 aromatic rings. The Balaban J connectivity index is 0.976. The van der Waals surface area contributed by atoms with Gasteiger partial charge in [0.2, 0.25) is 0 Å². The van der Waals surface area contributed by atoms with E-state index in [2.05, 4.69) is 306 Å². The van der Waals surface area contributed by atoms with Crippen LogP contribution in [0.3, 0.4) is 0 Å². The van der Waals surface area contributed by atoms with Gasteiger partial charge >= 0.3 is 0 Å². The molecule has 0 saturated heterocycles. The molecule has 2 aromatic heterocycles. The molecule has 0 unspecified atom stereocenters. The Morgan fingerprint density at radius 1 is 0.276 bits per heavy atom. The van der Waals surface area contributed by atoms with Crippen LogP contribution in [0.1, 0.15) is 33.4 Å². The van der Waals surface area contributed by atoms with E-state index in [0.29, 0.717) is 0 Å². The Labute approximate surface area is 509 Å². The average Bonchev–Trinajstić information content (AvgIpc) is 1.51. The van der Waals surface area contributed by atoms with Gasteiger partial charge in [-0.2, -0.15) is 0 Å². The first-order valence-corrected chi connectivity index (χ1v) is 37.6. The molecule has 0 aliphatic heterocycles. The van der Waals surface area contributed by atoms with E-state index in [9.17, 15) is 0 Å². The zero-order valence-corrected chi connectivity index (χ0v) is 52.3. The van der Waals surface area contributed by atoms with E-state index in [1.807, 2.05) is 0 Å². The molecule has 2 aliphatic rings. The van der Waals surface area contributed by atoms with E-state index in [4.69, 9.17) is 8.83 Å². The Kier molecular flexibility index (Phi) is 11.1. The summed E-state index contributed by atoms with van der Waals surface area (Å²) in [5, 5.41) is 14.9. The summed E-state index contributed by atoms with van der Waals surface area (Å²) in [6, 6.07) is 92.1. The molecule has 2 aliphatic carbocycles. The smallest absolute Gasteiger partial charge is 0.159 e. The van der Waals surface area contributed by atoms with Gasteiger partial charge in [-0.05, 0) is 175 Å². The van der Waals surface area contributed by atoms with E-state index in [0.717, 1.165) is 89.1 Å². The third-order valence-electron chi connectivity index (χ3n) is 19.4. The summed E-state index contributed by atoms with van der Waals surface area (Å²) in [6.07, 6.45) is 0. The van der Waals surface area contributed by atoms with Crippen molar-refractivity contribution in [1.29, 1.82) is 0 Å². The summed E-state index contributed by atoms with van der Waals surface area (Å²) in [5.41, 5.74) is 21.4. The third-order valence-corrected chi connectivity index (χ3v) is 23.5. The monoisotopic (exact) mass is 1150 g/mol. The second-order valence-electron chi connectivity index (χ2n) is 26.5. The van der Waals surface area contributed by atoms with Crippen molar-refractivity contribution in [3.8, 4) is 22.3 Å². The lowest BCUT2D eigenvalue weighted by atomic mass is 9.70. The second kappa shape index (κ2) is 18.6. The number of hydrogen-bond donors (Lipinski definition) is 0. The highest BCUT2D eigenvalue weighted by molar-refractivity contribution is 6.89. The predicted molar refractivity (Wildman–Crippen MR) is 375 cm³/mol. The molecule has 0 bridgehead atoms. The van der Waals surface area contributed by atoms with Gasteiger partial charge in [-0.1, -0.05) is 220 Å². The van der Waals surface area contributed by atoms with Crippen LogP contribution in [0.15, 0.2) is 251 Å². The first kappa shape index (κ1) is 51.7. The number of nitrogens with zero attached hydrogens (tertiary/aromatic N) is 2. The number of aryl methyl sites for hydroxylation is 2. The molecule has 0 saturated carbocycles. The van der Waals surface area contributed by atoms with Crippen molar-refractivity contribution in [1.82, 2.24) is 0 Å². The standard InChI is InChI=1S/C81H64N2O2Si2/c1-49-19-15-26-64-66-28-17-31-75(79(66)84-77(49)64)82(51-33-39-55(40-34-51)86(3,4)5)53-37-43-62-63-44-38-54(83(52-35-41-56(42-36-52)87(6,7)8)76-32-18-29-67-65-27-16-20-50(2)78(65)85-80(67)76)46-73(63)81(72(62)45-53)71-30-14-13-25-61(71)70-47-68-59-23-11-9-21-57(59)58-22-10-12-24-60(58)69(68)48-74(70)81/h9-48H,1-8H3. The molecule has 4 nitrogen and oxygen atoms in total. The van der Waals surface area contributed by atoms with Gasteiger partial charge in [0.05, 0.1) is 32.9 Å². The van der Waals surface area contributed by atoms with Gasteiger partial charge < -0.3 is 18.6 Å². The molecule has 0 fully saturated rings. The quantitative estimate of drug-likeness (QED) is 0.112. The van der Waals surface area contributed by atoms with Crippen molar-refractivity contribution in [3.63, 3.8) is 0 Å². The van der Waals surface area contributed by atoms with Crippen molar-refractivity contribution in [2.24, 2.45) is 0 Å². The van der Waals surface area contributed by atoms with Crippen LogP contribution in [0.2, 0.25) is 39.3 Å². The van der Waals surface area contributed by atoms with Gasteiger partial charge in [-0.25, -0.2) is 0 Å². The van der Waals surface area contributed by atoms with Crippen LogP contribution in [-0.2, 0) is 5.41 Å². The lowest BCUT2D eigenvalue weighted by Gasteiger charge is -2.33. The van der Waals surface area contributed by atoms with Crippen LogP contribution < -0.4 is 20.2 Å². The van der Waals surface area contributed by atoms with Gasteiger partial charge in [-0.15, -0.1) is 0 Å². The normalized spacial score (nSPS) is 13.4. The number of para-hydroxylation sites is 4. The van der Waals surface area contributed by atoms with Crippen molar-refractivity contribution < 1.29 is 8.83 Å². The minimum Gasteiger partial charge on any atom is -0.454 e. The SMILES string of the molecule is Cc1cccc2c1oc1c(N(c3ccc([Si](C)(C)C)cc3)c3ccc4c(c3)C3(c5ccccc5-c5cc6c7ccccc7c7ccccc7c6cc53)c3cc(N(c5ccc([Si](C)(C)C)cc5)c5cccc6c5oc5c(C)cccc56)ccc3-4)cccc12. The first-order valence-electron chi connectivity index (χ1n) is 30.6. The maximum atomic E-state index is 7.09. The molecular weight excluding hydrogens is 1090 g/mol. The maximum absolute atomic E-state index is 7.09. The number of fused-ring (bicyclic) bond motifs is 22. The molecule has 0 amide bonds. The minimum absolute atomic E-state index is 0.769. The molecular formula is C81H64N2O2Si2. The summed E-state index contributed by atoms with van der Waals surface area (Å²) < 4.78 is 14.2. The molecule has 0 N–H and O–H groups in total. The lowest BCUT2D eigenvalue weighted by Crippen LogP contribution is -2.37. The fourth-order valence-corrected chi connectivity index (χ4v) is 17.5. The largest absolute Gasteiger partial charge is 0.454 e. The Morgan fingerprint density at radius 3 is 1.09 bits per heavy atom. The fourth-order valence-electron chi connectivity index (χ4n) is 15.2. The van der Waals surface area contributed by atoms with Gasteiger partial charge in [0, 0.05) is 44.3 Å². The average molecular weight is 1150 g/mol. The van der Waals surface area contributed by atoms with E-state index >= 15 is 0 Å². The Bertz CT molecular complexity index is 5170. The van der Waals surface area contributed by atoms with Crippen LogP contribution in [0.5, 0.6) is 0 Å². The molecule has 2 heterocycles. The van der Waals surface area contributed by atoms with E-state index in [-0.39, 0.29) is 0 Å². The summed E-state index contributed by atoms with van der Waals surface area (Å²) in [5.74, 6) is 0. The number of benzene rings is 13. The van der Waals surface area contributed by atoms with Crippen LogP contribution in [-0.4, -0.2) is 16.1 Å². The van der Waals surface area contributed by atoms with E-state index < -0.39 is 21.6 Å². The Morgan fingerprint density at radius 2 is 0.632 bits per heavy atom. The van der Waals surface area contributed by atoms with Crippen LogP contribution in [0, 0.1) is 13.8 Å². The number of rotatable bonds is 8. The molecule has 6 heteroatoms. The van der Waals surface area contributed by atoms with Crippen LogP contribution >= 0.6 is 0 Å². The summed E-state index contributed by atoms with van der Waals surface area (Å²) in [4.78, 5) is 4.92. The fraction of sp³-hybridized carbons (Fsp3) is 0.111. The number of furan rings is 2. The number of hydrogen-bond acceptors (Lipinski definition) is 4. The second-order valence-corrected chi connectivity index (χ2v) is 36.6. The maximum Gasteiger partial charge on any atom is 0.159 e. The van der Waals surface area contributed by atoms with Gasteiger partial charge in [0.15, 0.2) is 11.2 Å². The molecule has 418 valence electrons. The van der Waals surface area contributed by atoms with E-state index in [1.54, 1.807) is 0 Å². The topological polar surface area (TPSA) is 32.8 Å². The zero-order valence-electron chi connectivity index (χ0n) is 50.3. The molecule has 87 heavy (non-hydrogen) atoms. The minimum atomic E-state index is -1.65. The van der Waals surface area contributed by atoms with Gasteiger partial charge in [-0.3, -0.25) is 0 Å². The molecule has 0 atom stereocenters. The Hall–Kier alpha value is -9.73. The molecule has 0 radical (unpaired) electrons. The van der Waals surface area contributed by atoms with Crippen LogP contribution in [0.25, 0.3) is 98.4 Å². The first-order chi connectivity index (χ1) is 42.2. The highest BCUT2D eigenvalue weighted by Gasteiger charge is 2.52. The molecule has 13 aromatic carbocycles.